The van der Waals surface area contributed by atoms with Gasteiger partial charge in [-0.25, -0.2) is 4.98 Å². The quantitative estimate of drug-likeness (QED) is 0.769. The van der Waals surface area contributed by atoms with Crippen molar-refractivity contribution in [3.63, 3.8) is 0 Å². The van der Waals surface area contributed by atoms with Gasteiger partial charge >= 0.3 is 0 Å². The minimum Gasteiger partial charge on any atom is -0.337 e. The third kappa shape index (κ3) is 2.83. The fourth-order valence-electron chi connectivity index (χ4n) is 2.73. The van der Waals surface area contributed by atoms with Gasteiger partial charge in [-0.05, 0) is 30.9 Å². The molecule has 3 nitrogen and oxygen atoms in total. The van der Waals surface area contributed by atoms with E-state index in [0.29, 0.717) is 22.8 Å². The zero-order valence-electron chi connectivity index (χ0n) is 10.9. The van der Waals surface area contributed by atoms with E-state index in [1.165, 1.54) is 19.3 Å². The summed E-state index contributed by atoms with van der Waals surface area (Å²) in [6.45, 7) is 2.22. The molecule has 1 aliphatic rings. The number of hydrogen-bond donors (Lipinski definition) is 0. The molecule has 1 aromatic heterocycles. The zero-order valence-corrected chi connectivity index (χ0v) is 11.7. The molecule has 0 radical (unpaired) electrons. The van der Waals surface area contributed by atoms with Gasteiger partial charge in [-0.2, -0.15) is 0 Å². The van der Waals surface area contributed by atoms with E-state index in [1.807, 2.05) is 11.9 Å². The van der Waals surface area contributed by atoms with Crippen LogP contribution < -0.4 is 0 Å². The van der Waals surface area contributed by atoms with Crippen molar-refractivity contribution in [3.8, 4) is 0 Å². The van der Waals surface area contributed by atoms with Gasteiger partial charge in [-0.15, -0.1) is 0 Å². The summed E-state index contributed by atoms with van der Waals surface area (Å²) >= 11 is 5.83. The topological polar surface area (TPSA) is 33.2 Å². The molecule has 0 aromatic carbocycles. The number of pyridine rings is 1. The fourth-order valence-corrected chi connectivity index (χ4v) is 2.89. The van der Waals surface area contributed by atoms with Gasteiger partial charge in [0.25, 0.3) is 5.91 Å². The highest BCUT2D eigenvalue weighted by Crippen LogP contribution is 2.28. The van der Waals surface area contributed by atoms with E-state index in [9.17, 15) is 4.79 Å². The summed E-state index contributed by atoms with van der Waals surface area (Å²) in [5.74, 6) is 0.531. The maximum absolute atomic E-state index is 12.3. The average Bonchev–Trinajstić information content (AvgIpc) is 2.37. The lowest BCUT2D eigenvalue weighted by Gasteiger charge is -2.36. The van der Waals surface area contributed by atoms with Crippen LogP contribution in [0.1, 0.15) is 43.1 Å². The lowest BCUT2D eigenvalue weighted by Crippen LogP contribution is -2.42. The number of rotatable bonds is 2. The Kier molecular flexibility index (Phi) is 4.23. The van der Waals surface area contributed by atoms with Crippen molar-refractivity contribution in [2.75, 3.05) is 7.05 Å². The van der Waals surface area contributed by atoms with E-state index in [1.54, 1.807) is 18.2 Å². The minimum atomic E-state index is -0.0312. The van der Waals surface area contributed by atoms with Crippen LogP contribution in [0.4, 0.5) is 0 Å². The Morgan fingerprint density at radius 1 is 1.39 bits per heavy atom. The maximum atomic E-state index is 12.3. The number of halogens is 1. The Labute approximate surface area is 113 Å². The largest absolute Gasteiger partial charge is 0.337 e. The summed E-state index contributed by atoms with van der Waals surface area (Å²) in [4.78, 5) is 18.3. The third-order valence-corrected chi connectivity index (χ3v) is 4.03. The first-order valence-electron chi connectivity index (χ1n) is 6.49. The molecule has 1 heterocycles. The maximum Gasteiger partial charge on any atom is 0.272 e. The summed E-state index contributed by atoms with van der Waals surface area (Å²) < 4.78 is 0. The molecular formula is C14H19ClN2O. The molecule has 2 atom stereocenters. The number of carbonyl (C=O) groups is 1. The number of hydrogen-bond acceptors (Lipinski definition) is 2. The van der Waals surface area contributed by atoms with Gasteiger partial charge in [0, 0.05) is 13.1 Å². The van der Waals surface area contributed by atoms with Gasteiger partial charge in [0.15, 0.2) is 0 Å². The molecule has 1 aromatic rings. The standard InChI is InChI=1S/C14H19ClN2O/c1-10-6-3-4-8-12(10)17(2)14(18)11-7-5-9-13(15)16-11/h5,7,9-10,12H,3-4,6,8H2,1-2H3. The van der Waals surface area contributed by atoms with Crippen LogP contribution in [0.5, 0.6) is 0 Å². The average molecular weight is 267 g/mol. The smallest absolute Gasteiger partial charge is 0.272 e. The van der Waals surface area contributed by atoms with Gasteiger partial charge in [-0.1, -0.05) is 37.4 Å². The minimum absolute atomic E-state index is 0.0312. The first-order chi connectivity index (χ1) is 8.59. The van der Waals surface area contributed by atoms with Gasteiger partial charge in [-0.3, -0.25) is 4.79 Å². The molecule has 1 saturated carbocycles. The molecule has 1 aliphatic carbocycles. The van der Waals surface area contributed by atoms with E-state index in [2.05, 4.69) is 11.9 Å². The molecule has 0 spiro atoms. The molecular weight excluding hydrogens is 248 g/mol. The van der Waals surface area contributed by atoms with Crippen LogP contribution in [0.15, 0.2) is 18.2 Å². The third-order valence-electron chi connectivity index (χ3n) is 3.82. The first-order valence-corrected chi connectivity index (χ1v) is 6.87. The molecule has 1 amide bonds. The van der Waals surface area contributed by atoms with E-state index in [0.717, 1.165) is 6.42 Å². The SMILES string of the molecule is CC1CCCCC1N(C)C(=O)c1cccc(Cl)n1. The highest BCUT2D eigenvalue weighted by atomic mass is 35.5. The summed E-state index contributed by atoms with van der Waals surface area (Å²) in [5.41, 5.74) is 0.433. The highest BCUT2D eigenvalue weighted by Gasteiger charge is 2.28. The summed E-state index contributed by atoms with van der Waals surface area (Å²) in [6.07, 6.45) is 4.76. The summed E-state index contributed by atoms with van der Waals surface area (Å²) in [5, 5.41) is 0.367. The first kappa shape index (κ1) is 13.3. The normalized spacial score (nSPS) is 23.7. The van der Waals surface area contributed by atoms with Gasteiger partial charge in [0.05, 0.1) is 0 Å². The second-order valence-electron chi connectivity index (χ2n) is 5.09. The van der Waals surface area contributed by atoms with Crippen molar-refractivity contribution < 1.29 is 4.79 Å². The van der Waals surface area contributed by atoms with Crippen molar-refractivity contribution in [1.82, 2.24) is 9.88 Å². The Bertz CT molecular complexity index is 436. The lowest BCUT2D eigenvalue weighted by atomic mass is 9.85. The second-order valence-corrected chi connectivity index (χ2v) is 5.48. The Morgan fingerprint density at radius 2 is 2.11 bits per heavy atom. The van der Waals surface area contributed by atoms with Crippen LogP contribution in [0.25, 0.3) is 0 Å². The van der Waals surface area contributed by atoms with Crippen LogP contribution in [-0.2, 0) is 0 Å². The molecule has 18 heavy (non-hydrogen) atoms. The van der Waals surface area contributed by atoms with E-state index in [4.69, 9.17) is 11.6 Å². The second kappa shape index (κ2) is 5.70. The van der Waals surface area contributed by atoms with Crippen molar-refractivity contribution in [2.45, 2.75) is 38.6 Å². The fraction of sp³-hybridized carbons (Fsp3) is 0.571. The predicted molar refractivity (Wildman–Crippen MR) is 72.8 cm³/mol. The van der Waals surface area contributed by atoms with Crippen molar-refractivity contribution in [1.29, 1.82) is 0 Å². The Balaban J connectivity index is 2.13. The molecule has 2 rings (SSSR count). The number of amides is 1. The molecule has 0 saturated heterocycles. The van der Waals surface area contributed by atoms with E-state index < -0.39 is 0 Å². The molecule has 0 bridgehead atoms. The molecule has 98 valence electrons. The van der Waals surface area contributed by atoms with Crippen LogP contribution in [0.2, 0.25) is 5.15 Å². The van der Waals surface area contributed by atoms with Crippen LogP contribution >= 0.6 is 11.6 Å². The molecule has 2 unspecified atom stereocenters. The number of carbonyl (C=O) groups excluding carboxylic acids is 1. The van der Waals surface area contributed by atoms with Crippen molar-refractivity contribution in [2.24, 2.45) is 5.92 Å². The van der Waals surface area contributed by atoms with Crippen molar-refractivity contribution in [3.05, 3.63) is 29.0 Å². The summed E-state index contributed by atoms with van der Waals surface area (Å²) in [7, 11) is 1.87. The van der Waals surface area contributed by atoms with E-state index >= 15 is 0 Å². The summed E-state index contributed by atoms with van der Waals surface area (Å²) in [6, 6.07) is 5.49. The zero-order chi connectivity index (χ0) is 13.1. The predicted octanol–water partition coefficient (Wildman–Crippen LogP) is 3.39. The van der Waals surface area contributed by atoms with Crippen molar-refractivity contribution >= 4 is 17.5 Å². The Hall–Kier alpha value is -1.09. The molecule has 0 N–H and O–H groups in total. The monoisotopic (exact) mass is 266 g/mol. The number of nitrogens with zero attached hydrogens (tertiary/aromatic N) is 2. The Morgan fingerprint density at radius 3 is 2.78 bits per heavy atom. The molecule has 1 fully saturated rings. The van der Waals surface area contributed by atoms with Crippen LogP contribution in [-0.4, -0.2) is 28.9 Å². The van der Waals surface area contributed by atoms with Gasteiger partial charge < -0.3 is 4.90 Å². The lowest BCUT2D eigenvalue weighted by molar-refractivity contribution is 0.0623. The molecule has 4 heteroatoms. The van der Waals surface area contributed by atoms with E-state index in [-0.39, 0.29) is 5.91 Å². The van der Waals surface area contributed by atoms with Crippen LogP contribution in [0, 0.1) is 5.92 Å². The highest BCUT2D eigenvalue weighted by molar-refractivity contribution is 6.29. The van der Waals surface area contributed by atoms with Gasteiger partial charge in [0.2, 0.25) is 0 Å². The number of aromatic nitrogens is 1. The molecule has 0 aliphatic heterocycles. The van der Waals surface area contributed by atoms with Crippen LogP contribution in [0.3, 0.4) is 0 Å². The van der Waals surface area contributed by atoms with Gasteiger partial charge in [0.1, 0.15) is 10.8 Å².